The van der Waals surface area contributed by atoms with Gasteiger partial charge in [-0.3, -0.25) is 4.79 Å². The van der Waals surface area contributed by atoms with E-state index in [9.17, 15) is 4.79 Å². The highest BCUT2D eigenvalue weighted by atomic mass is 28.4. The lowest BCUT2D eigenvalue weighted by Gasteiger charge is -2.46. The van der Waals surface area contributed by atoms with Crippen LogP contribution in [0.15, 0.2) is 23.8 Å². The van der Waals surface area contributed by atoms with Gasteiger partial charge < -0.3 is 9.16 Å². The summed E-state index contributed by atoms with van der Waals surface area (Å²) in [5.74, 6) is 2.58. The van der Waals surface area contributed by atoms with Gasteiger partial charge in [-0.15, -0.1) is 0 Å². The molecule has 0 aromatic rings. The Morgan fingerprint density at radius 2 is 1.69 bits per heavy atom. The molecule has 3 aliphatic rings. The van der Waals surface area contributed by atoms with Gasteiger partial charge in [0, 0.05) is 6.42 Å². The molecule has 32 heavy (non-hydrogen) atoms. The second-order valence-corrected chi connectivity index (χ2v) is 17.3. The second kappa shape index (κ2) is 10.6. The van der Waals surface area contributed by atoms with Gasteiger partial charge in [-0.2, -0.15) is 0 Å². The maximum Gasteiger partial charge on any atom is 0.308 e. The zero-order chi connectivity index (χ0) is 23.6. The molecule has 0 spiro atoms. The topological polar surface area (TPSA) is 35.5 Å². The fourth-order valence-corrected chi connectivity index (χ4v) is 12.8. The summed E-state index contributed by atoms with van der Waals surface area (Å²) in [6.45, 7) is 18.6. The number of cyclic esters (lactones) is 1. The summed E-state index contributed by atoms with van der Waals surface area (Å²) in [6, 6.07) is 0. The lowest BCUT2D eigenvalue weighted by Crippen LogP contribution is -2.52. The van der Waals surface area contributed by atoms with E-state index in [1.807, 2.05) is 0 Å². The van der Waals surface area contributed by atoms with Crippen molar-refractivity contribution < 1.29 is 14.0 Å². The Morgan fingerprint density at radius 3 is 2.31 bits per heavy atom. The number of allylic oxidation sites excluding steroid dienone is 4. The van der Waals surface area contributed by atoms with Crippen LogP contribution in [-0.4, -0.2) is 26.5 Å². The molecule has 0 unspecified atom stereocenters. The Kier molecular flexibility index (Phi) is 8.52. The van der Waals surface area contributed by atoms with Gasteiger partial charge in [-0.1, -0.05) is 73.6 Å². The summed E-state index contributed by atoms with van der Waals surface area (Å²) < 4.78 is 12.8. The molecule has 2 aliphatic carbocycles. The minimum absolute atomic E-state index is 0.00693. The fraction of sp³-hybridized carbons (Fsp3) is 0.821. The number of ether oxygens (including phenoxy) is 1. The molecule has 0 N–H and O–H groups in total. The number of rotatable bonds is 8. The van der Waals surface area contributed by atoms with Crippen LogP contribution in [0, 0.1) is 23.7 Å². The van der Waals surface area contributed by atoms with Crippen LogP contribution >= 0.6 is 0 Å². The second-order valence-electron chi connectivity index (χ2n) is 11.9. The molecular weight excluding hydrogens is 412 g/mol. The van der Waals surface area contributed by atoms with E-state index < -0.39 is 8.32 Å². The highest BCUT2D eigenvalue weighted by Gasteiger charge is 2.48. The summed E-state index contributed by atoms with van der Waals surface area (Å²) >= 11 is 0. The average Bonchev–Trinajstić information content (AvgIpc) is 2.70. The summed E-state index contributed by atoms with van der Waals surface area (Å²) in [4.78, 5) is 12.6. The molecule has 1 aliphatic heterocycles. The van der Waals surface area contributed by atoms with E-state index in [0.29, 0.717) is 46.7 Å². The Bertz CT molecular complexity index is 686. The van der Waals surface area contributed by atoms with Crippen molar-refractivity contribution in [3.63, 3.8) is 0 Å². The summed E-state index contributed by atoms with van der Waals surface area (Å²) in [5.41, 5.74) is 3.16. The number of carbonyl (C=O) groups excluding carboxylic acids is 1. The predicted molar refractivity (Wildman–Crippen MR) is 136 cm³/mol. The SMILES string of the molecule is CC(C)[Si](O[C@H]1CC(=O)O[C@H](CC[C@H]2[C@@H](C)C=CC3=C[C@H](C)CC[C@@H]32)C1)(C(C)C)C(C)C. The van der Waals surface area contributed by atoms with E-state index in [4.69, 9.17) is 9.16 Å². The third-order valence-electron chi connectivity index (χ3n) is 8.74. The Labute approximate surface area is 198 Å². The van der Waals surface area contributed by atoms with Crippen LogP contribution in [0.25, 0.3) is 0 Å². The molecule has 182 valence electrons. The van der Waals surface area contributed by atoms with Crippen LogP contribution in [0.5, 0.6) is 0 Å². The van der Waals surface area contributed by atoms with Gasteiger partial charge >= 0.3 is 5.97 Å². The van der Waals surface area contributed by atoms with E-state index in [1.54, 1.807) is 5.57 Å². The predicted octanol–water partition coefficient (Wildman–Crippen LogP) is 7.83. The normalized spacial score (nSPS) is 33.5. The highest BCUT2D eigenvalue weighted by Crippen LogP contribution is 2.46. The minimum atomic E-state index is -1.99. The molecule has 0 bridgehead atoms. The first kappa shape index (κ1) is 25.7. The van der Waals surface area contributed by atoms with Crippen molar-refractivity contribution in [1.29, 1.82) is 0 Å². The Morgan fingerprint density at radius 1 is 1.03 bits per heavy atom. The van der Waals surface area contributed by atoms with Gasteiger partial charge in [0.05, 0.1) is 12.5 Å². The molecule has 0 aromatic heterocycles. The number of esters is 1. The van der Waals surface area contributed by atoms with Crippen molar-refractivity contribution in [2.45, 2.75) is 123 Å². The van der Waals surface area contributed by atoms with Crippen LogP contribution in [0.3, 0.4) is 0 Å². The maximum absolute atomic E-state index is 12.6. The highest BCUT2D eigenvalue weighted by molar-refractivity contribution is 6.77. The first-order valence-electron chi connectivity index (χ1n) is 13.3. The minimum Gasteiger partial charge on any atom is -0.462 e. The smallest absolute Gasteiger partial charge is 0.308 e. The molecule has 3 nitrogen and oxygen atoms in total. The number of hydrogen-bond acceptors (Lipinski definition) is 3. The molecule has 0 amide bonds. The number of hydrogen-bond donors (Lipinski definition) is 0. The zero-order valence-electron chi connectivity index (χ0n) is 21.9. The lowest BCUT2D eigenvalue weighted by atomic mass is 9.66. The molecule has 1 heterocycles. The number of carbonyl (C=O) groups is 1. The number of fused-ring (bicyclic) bond motifs is 1. The molecule has 1 fully saturated rings. The van der Waals surface area contributed by atoms with E-state index >= 15 is 0 Å². The molecule has 0 aromatic carbocycles. The van der Waals surface area contributed by atoms with E-state index in [1.165, 1.54) is 12.8 Å². The van der Waals surface area contributed by atoms with Crippen LogP contribution in [0.2, 0.25) is 16.6 Å². The monoisotopic (exact) mass is 460 g/mol. The molecule has 6 atom stereocenters. The van der Waals surface area contributed by atoms with E-state index in [0.717, 1.165) is 19.3 Å². The van der Waals surface area contributed by atoms with Gasteiger partial charge in [-0.05, 0) is 71.6 Å². The van der Waals surface area contributed by atoms with Crippen LogP contribution < -0.4 is 0 Å². The maximum atomic E-state index is 12.6. The lowest BCUT2D eigenvalue weighted by molar-refractivity contribution is -0.160. The van der Waals surface area contributed by atoms with Gasteiger partial charge in [0.25, 0.3) is 0 Å². The third-order valence-corrected chi connectivity index (χ3v) is 14.9. The third kappa shape index (κ3) is 5.43. The van der Waals surface area contributed by atoms with Crippen molar-refractivity contribution in [1.82, 2.24) is 0 Å². The van der Waals surface area contributed by atoms with Gasteiger partial charge in [0.2, 0.25) is 8.32 Å². The summed E-state index contributed by atoms with van der Waals surface area (Å²) in [5, 5.41) is 0. The molecule has 4 heteroatoms. The van der Waals surface area contributed by atoms with Crippen molar-refractivity contribution in [2.24, 2.45) is 23.7 Å². The average molecular weight is 461 g/mol. The van der Waals surface area contributed by atoms with Gasteiger partial charge in [0.1, 0.15) is 6.10 Å². The first-order valence-corrected chi connectivity index (χ1v) is 15.5. The van der Waals surface area contributed by atoms with Crippen LogP contribution in [-0.2, 0) is 14.0 Å². The molecule has 0 radical (unpaired) electrons. The fourth-order valence-electron chi connectivity index (χ4n) is 7.21. The standard InChI is InChI=1S/C28H48O3Si/c1-18(2)32(19(3)4,20(5)6)31-25-16-24(30-28(29)17-25)12-14-26-22(8)10-11-23-15-21(7)9-13-27(23)26/h10-11,15,18-22,24-27H,9,12-14,16-17H2,1-8H3/t21-,22+,24-,25-,26+,27+/m1/s1. The molecule has 1 saturated heterocycles. The van der Waals surface area contributed by atoms with Crippen molar-refractivity contribution in [3.8, 4) is 0 Å². The first-order chi connectivity index (χ1) is 15.0. The molecule has 0 saturated carbocycles. The molecule has 3 rings (SSSR count). The van der Waals surface area contributed by atoms with Crippen LogP contribution in [0.1, 0.15) is 93.9 Å². The van der Waals surface area contributed by atoms with Crippen molar-refractivity contribution in [3.05, 3.63) is 23.8 Å². The van der Waals surface area contributed by atoms with E-state index in [-0.39, 0.29) is 18.2 Å². The van der Waals surface area contributed by atoms with E-state index in [2.05, 4.69) is 73.6 Å². The quantitative estimate of drug-likeness (QED) is 0.273. The van der Waals surface area contributed by atoms with Gasteiger partial charge in [0.15, 0.2) is 0 Å². The zero-order valence-corrected chi connectivity index (χ0v) is 22.9. The van der Waals surface area contributed by atoms with Crippen molar-refractivity contribution >= 4 is 14.3 Å². The van der Waals surface area contributed by atoms with Gasteiger partial charge in [-0.25, -0.2) is 0 Å². The summed E-state index contributed by atoms with van der Waals surface area (Å²) in [6.07, 6.45) is 13.3. The van der Waals surface area contributed by atoms with Crippen molar-refractivity contribution in [2.75, 3.05) is 0 Å². The Hall–Kier alpha value is -0.873. The van der Waals surface area contributed by atoms with Crippen LogP contribution in [0.4, 0.5) is 0 Å². The summed E-state index contributed by atoms with van der Waals surface area (Å²) in [7, 11) is -1.99. The largest absolute Gasteiger partial charge is 0.462 e. The molecular formula is C28H48O3Si. The Balaban J connectivity index is 1.66.